The van der Waals surface area contributed by atoms with Gasteiger partial charge in [0.05, 0.1) is 30.0 Å². The lowest BCUT2D eigenvalue weighted by Gasteiger charge is -2.15. The van der Waals surface area contributed by atoms with Gasteiger partial charge in [-0.1, -0.05) is 18.2 Å². The highest BCUT2D eigenvalue weighted by Crippen LogP contribution is 2.40. The maximum Gasteiger partial charge on any atom is 0.322 e. The first-order valence-electron chi connectivity index (χ1n) is 9.12. The van der Waals surface area contributed by atoms with Crippen molar-refractivity contribution >= 4 is 52.3 Å². The zero-order valence-electron chi connectivity index (χ0n) is 17.7. The SMILES string of the molecule is COc1cc(OC)c2c(c1[N+](=O)[O-])c(=NCCCN(C)C)c1ccccc1n2O.Cl.Cl. The number of aromatic nitrogens is 1. The molecular formula is C20H26Cl2N4O5. The van der Waals surface area contributed by atoms with Crippen LogP contribution in [-0.2, 0) is 0 Å². The molecule has 170 valence electrons. The van der Waals surface area contributed by atoms with Crippen molar-refractivity contribution in [1.29, 1.82) is 0 Å². The molecule has 1 heterocycles. The molecule has 11 heteroatoms. The molecule has 0 saturated carbocycles. The summed E-state index contributed by atoms with van der Waals surface area (Å²) in [4.78, 5) is 18.2. The van der Waals surface area contributed by atoms with Crippen LogP contribution in [0.2, 0.25) is 0 Å². The van der Waals surface area contributed by atoms with Gasteiger partial charge in [0, 0.05) is 18.0 Å². The van der Waals surface area contributed by atoms with E-state index in [1.807, 2.05) is 19.0 Å². The van der Waals surface area contributed by atoms with E-state index in [1.165, 1.54) is 20.3 Å². The van der Waals surface area contributed by atoms with Gasteiger partial charge in [0.25, 0.3) is 0 Å². The van der Waals surface area contributed by atoms with Crippen LogP contribution in [0.25, 0.3) is 21.8 Å². The van der Waals surface area contributed by atoms with E-state index in [0.29, 0.717) is 22.8 Å². The minimum Gasteiger partial charge on any atom is -0.494 e. The normalized spacial score (nSPS) is 11.3. The Morgan fingerprint density at radius 3 is 2.39 bits per heavy atom. The maximum atomic E-state index is 12.0. The van der Waals surface area contributed by atoms with Crippen molar-refractivity contribution < 1.29 is 19.6 Å². The predicted molar refractivity (Wildman–Crippen MR) is 124 cm³/mol. The molecule has 3 rings (SSSR count). The molecular weight excluding hydrogens is 447 g/mol. The van der Waals surface area contributed by atoms with Gasteiger partial charge >= 0.3 is 5.69 Å². The van der Waals surface area contributed by atoms with Crippen molar-refractivity contribution in [1.82, 2.24) is 9.63 Å². The van der Waals surface area contributed by atoms with Gasteiger partial charge in [0.2, 0.25) is 5.75 Å². The van der Waals surface area contributed by atoms with E-state index in [9.17, 15) is 15.3 Å². The van der Waals surface area contributed by atoms with E-state index in [-0.39, 0.29) is 52.9 Å². The molecule has 0 radical (unpaired) electrons. The third-order valence-electron chi connectivity index (χ3n) is 4.69. The fourth-order valence-corrected chi connectivity index (χ4v) is 3.40. The number of halogens is 2. The average Bonchev–Trinajstić information content (AvgIpc) is 2.71. The Hall–Kier alpha value is -2.75. The molecule has 2 aromatic carbocycles. The van der Waals surface area contributed by atoms with E-state index < -0.39 is 4.92 Å². The number of rotatable bonds is 7. The van der Waals surface area contributed by atoms with E-state index >= 15 is 0 Å². The van der Waals surface area contributed by atoms with Gasteiger partial charge in [0.1, 0.15) is 10.9 Å². The lowest BCUT2D eigenvalue weighted by Crippen LogP contribution is -2.17. The summed E-state index contributed by atoms with van der Waals surface area (Å²) in [7, 11) is 6.74. The zero-order chi connectivity index (χ0) is 21.1. The van der Waals surface area contributed by atoms with Crippen molar-refractivity contribution in [2.75, 3.05) is 41.4 Å². The first-order valence-corrected chi connectivity index (χ1v) is 9.12. The second kappa shape index (κ2) is 11.0. The highest BCUT2D eigenvalue weighted by atomic mass is 35.5. The zero-order valence-corrected chi connectivity index (χ0v) is 19.3. The molecule has 9 nitrogen and oxygen atoms in total. The van der Waals surface area contributed by atoms with E-state index in [2.05, 4.69) is 0 Å². The topological polar surface area (TPSA) is 102 Å². The Labute approximate surface area is 191 Å². The molecule has 0 amide bonds. The molecule has 0 aliphatic carbocycles. The van der Waals surface area contributed by atoms with Crippen molar-refractivity contribution in [2.45, 2.75) is 6.42 Å². The smallest absolute Gasteiger partial charge is 0.322 e. The standard InChI is InChI=1S/C20H24N4O5.2ClH/c1-22(2)11-7-10-21-18-13-8-5-6-9-14(13)23(25)19-15(28-3)12-16(29-4)20(17(18)19)24(26)27;;/h5-6,8-9,12,25H,7,10-11H2,1-4H3;2*1H. The Kier molecular flexibility index (Phi) is 9.36. The number of pyridine rings is 1. The summed E-state index contributed by atoms with van der Waals surface area (Å²) in [6.07, 6.45) is 0.783. The number of nitro groups is 1. The van der Waals surface area contributed by atoms with Crippen molar-refractivity contribution in [3.05, 3.63) is 45.8 Å². The molecule has 1 N–H and O–H groups in total. The fourth-order valence-electron chi connectivity index (χ4n) is 3.40. The third kappa shape index (κ3) is 4.95. The molecule has 0 fully saturated rings. The highest BCUT2D eigenvalue weighted by molar-refractivity contribution is 6.02. The van der Waals surface area contributed by atoms with Crippen LogP contribution in [0.15, 0.2) is 35.3 Å². The predicted octanol–water partition coefficient (Wildman–Crippen LogP) is 3.65. The molecule has 1 aromatic heterocycles. The quantitative estimate of drug-likeness (QED) is 0.185. The number of nitro benzene ring substituents is 1. The average molecular weight is 473 g/mol. The van der Waals surface area contributed by atoms with Crippen LogP contribution in [0.3, 0.4) is 0 Å². The van der Waals surface area contributed by atoms with Crippen molar-refractivity contribution in [3.8, 4) is 11.5 Å². The third-order valence-corrected chi connectivity index (χ3v) is 4.69. The van der Waals surface area contributed by atoms with Crippen molar-refractivity contribution in [3.63, 3.8) is 0 Å². The Balaban J connectivity index is 0.00000240. The maximum absolute atomic E-state index is 12.0. The fraction of sp³-hybridized carbons (Fsp3) is 0.350. The molecule has 0 aliphatic heterocycles. The van der Waals surface area contributed by atoms with Crippen LogP contribution < -0.4 is 14.8 Å². The number of methoxy groups -OCH3 is 2. The molecule has 0 saturated heterocycles. The number of hydrogen-bond donors (Lipinski definition) is 1. The Morgan fingerprint density at radius 2 is 1.81 bits per heavy atom. The minimum atomic E-state index is -0.520. The molecule has 0 atom stereocenters. The van der Waals surface area contributed by atoms with Crippen molar-refractivity contribution in [2.24, 2.45) is 4.99 Å². The second-order valence-corrected chi connectivity index (χ2v) is 6.83. The van der Waals surface area contributed by atoms with Crippen LogP contribution in [0.5, 0.6) is 11.5 Å². The van der Waals surface area contributed by atoms with Gasteiger partial charge in [-0.05, 0) is 33.1 Å². The molecule has 0 unspecified atom stereocenters. The molecule has 0 bridgehead atoms. The van der Waals surface area contributed by atoms with Crippen LogP contribution >= 0.6 is 24.8 Å². The van der Waals surface area contributed by atoms with Gasteiger partial charge in [-0.2, -0.15) is 4.73 Å². The van der Waals surface area contributed by atoms with Crippen LogP contribution in [0.1, 0.15) is 6.42 Å². The number of benzene rings is 2. The van der Waals surface area contributed by atoms with Crippen LogP contribution in [-0.4, -0.2) is 61.2 Å². The van der Waals surface area contributed by atoms with Gasteiger partial charge in [-0.25, -0.2) is 0 Å². The Morgan fingerprint density at radius 1 is 1.16 bits per heavy atom. The largest absolute Gasteiger partial charge is 0.494 e. The lowest BCUT2D eigenvalue weighted by molar-refractivity contribution is -0.384. The van der Waals surface area contributed by atoms with Crippen LogP contribution in [0.4, 0.5) is 5.69 Å². The number of fused-ring (bicyclic) bond motifs is 2. The second-order valence-electron chi connectivity index (χ2n) is 6.83. The monoisotopic (exact) mass is 472 g/mol. The number of para-hydroxylation sites is 1. The van der Waals surface area contributed by atoms with E-state index in [1.54, 1.807) is 24.3 Å². The summed E-state index contributed by atoms with van der Waals surface area (Å²) >= 11 is 0. The van der Waals surface area contributed by atoms with Gasteiger partial charge in [-0.3, -0.25) is 15.1 Å². The molecule has 31 heavy (non-hydrogen) atoms. The Bertz CT molecular complexity index is 1150. The van der Waals surface area contributed by atoms with Gasteiger partial charge in [-0.15, -0.1) is 24.8 Å². The van der Waals surface area contributed by atoms with E-state index in [0.717, 1.165) is 17.7 Å². The summed E-state index contributed by atoms with van der Waals surface area (Å²) in [6, 6.07) is 8.49. The van der Waals surface area contributed by atoms with Crippen LogP contribution in [0, 0.1) is 10.1 Å². The number of ether oxygens (including phenoxy) is 2. The molecule has 0 aliphatic rings. The highest BCUT2D eigenvalue weighted by Gasteiger charge is 2.27. The summed E-state index contributed by atoms with van der Waals surface area (Å²) < 4.78 is 11.6. The first kappa shape index (κ1) is 26.3. The molecule has 3 aromatic rings. The number of hydrogen-bond acceptors (Lipinski definition) is 7. The lowest BCUT2D eigenvalue weighted by atomic mass is 10.1. The number of nitrogens with zero attached hydrogens (tertiary/aromatic N) is 4. The van der Waals surface area contributed by atoms with E-state index in [4.69, 9.17) is 14.5 Å². The van der Waals surface area contributed by atoms with Gasteiger partial charge < -0.3 is 19.6 Å². The summed E-state index contributed by atoms with van der Waals surface area (Å²) in [6.45, 7) is 1.31. The summed E-state index contributed by atoms with van der Waals surface area (Å²) in [5, 5.41) is 24.1. The first-order chi connectivity index (χ1) is 13.9. The molecule has 0 spiro atoms. The van der Waals surface area contributed by atoms with Gasteiger partial charge in [0.15, 0.2) is 5.75 Å². The minimum absolute atomic E-state index is 0. The summed E-state index contributed by atoms with van der Waals surface area (Å²) in [5.74, 6) is 0.291. The summed E-state index contributed by atoms with van der Waals surface area (Å²) in [5.41, 5.74) is 0.386.